The summed E-state index contributed by atoms with van der Waals surface area (Å²) in [6.07, 6.45) is 0. The monoisotopic (exact) mass is 572 g/mol. The Bertz CT molecular complexity index is 1300. The highest BCUT2D eigenvalue weighted by atomic mass is 32.2. The Morgan fingerprint density at radius 3 is 1.03 bits per heavy atom. The average Bonchev–Trinajstić information content (AvgIpc) is 2.90. The second-order valence-electron chi connectivity index (χ2n) is 7.59. The van der Waals surface area contributed by atoms with Crippen molar-refractivity contribution in [3.8, 4) is 0 Å². The molecule has 3 aromatic carbocycles. The van der Waals surface area contributed by atoms with Gasteiger partial charge in [0.15, 0.2) is 0 Å². The molecule has 0 saturated carbocycles. The van der Waals surface area contributed by atoms with E-state index in [4.69, 9.17) is 12.5 Å². The van der Waals surface area contributed by atoms with Gasteiger partial charge in [-0.2, -0.15) is 25.3 Å². The molecule has 0 fully saturated rings. The fourth-order valence-electron chi connectivity index (χ4n) is 2.82. The zero-order chi connectivity index (χ0) is 27.2. The van der Waals surface area contributed by atoms with Crippen LogP contribution in [0.5, 0.6) is 0 Å². The molecule has 12 nitrogen and oxygen atoms in total. The Kier molecular flexibility index (Phi) is 9.17. The molecule has 0 aliphatic carbocycles. The lowest BCUT2D eigenvalue weighted by atomic mass is 10.1. The molecule has 0 heterocycles. The van der Waals surface area contributed by atoms with Crippen LogP contribution in [0.1, 0.15) is 0 Å². The number of hydrogen-bond acceptors (Lipinski definition) is 12. The molecular formula is C22H22NO11S3-. The summed E-state index contributed by atoms with van der Waals surface area (Å²) >= 11 is 0. The molecule has 0 aliphatic heterocycles. The summed E-state index contributed by atoms with van der Waals surface area (Å²) < 4.78 is 90.3. The molecule has 200 valence electrons. The van der Waals surface area contributed by atoms with Crippen LogP contribution in [0.25, 0.3) is 0 Å². The summed E-state index contributed by atoms with van der Waals surface area (Å²) in [6, 6.07) is 20.2. The van der Waals surface area contributed by atoms with Gasteiger partial charge in [-0.05, 0) is 36.4 Å². The van der Waals surface area contributed by atoms with Crippen LogP contribution in [0, 0.1) is 5.21 Å². The van der Waals surface area contributed by atoms with Gasteiger partial charge in [0.25, 0.3) is 30.4 Å². The molecule has 0 radical (unpaired) electrons. The number of benzene rings is 3. The van der Waals surface area contributed by atoms with Gasteiger partial charge in [0.2, 0.25) is 0 Å². The molecule has 0 atom stereocenters. The van der Waals surface area contributed by atoms with Crippen LogP contribution in [0.4, 0.5) is 0 Å². The zero-order valence-corrected chi connectivity index (χ0v) is 21.4. The van der Waals surface area contributed by atoms with Gasteiger partial charge in [-0.15, -0.1) is 0 Å². The fraction of sp³-hybridized carbons (Fsp3) is 0.182. The Morgan fingerprint density at radius 1 is 0.568 bits per heavy atom. The van der Waals surface area contributed by atoms with E-state index in [1.54, 1.807) is 18.2 Å². The molecule has 0 unspecified atom stereocenters. The van der Waals surface area contributed by atoms with Crippen LogP contribution in [0.2, 0.25) is 0 Å². The fourth-order valence-corrected chi connectivity index (χ4v) is 5.82. The summed E-state index contributed by atoms with van der Waals surface area (Å²) in [6.45, 7) is -3.71. The van der Waals surface area contributed by atoms with Gasteiger partial charge in [0.05, 0.1) is 34.5 Å². The Hall–Kier alpha value is -2.73. The minimum atomic E-state index is -4.53. The third-order valence-corrected chi connectivity index (χ3v) is 8.78. The number of hydrogen-bond donors (Lipinski definition) is 1. The summed E-state index contributed by atoms with van der Waals surface area (Å²) in [5.41, 5.74) is -2.66. The van der Waals surface area contributed by atoms with Crippen molar-refractivity contribution in [1.82, 2.24) is 5.23 Å². The average molecular weight is 573 g/mol. The highest BCUT2D eigenvalue weighted by Crippen LogP contribution is 2.24. The predicted octanol–water partition coefficient (Wildman–Crippen LogP) is 2.13. The largest absolute Gasteiger partial charge is 0.762 e. The van der Waals surface area contributed by atoms with E-state index >= 15 is 0 Å². The van der Waals surface area contributed by atoms with Gasteiger partial charge in [0.1, 0.15) is 5.54 Å². The van der Waals surface area contributed by atoms with Crippen molar-refractivity contribution in [2.45, 2.75) is 20.2 Å². The molecule has 37 heavy (non-hydrogen) atoms. The first-order valence-corrected chi connectivity index (χ1v) is 14.6. The molecule has 3 aromatic rings. The second kappa shape index (κ2) is 11.8. The molecule has 0 aromatic heterocycles. The molecular weight excluding hydrogens is 550 g/mol. The van der Waals surface area contributed by atoms with Crippen molar-refractivity contribution in [3.63, 3.8) is 0 Å². The van der Waals surface area contributed by atoms with Crippen molar-refractivity contribution in [3.05, 3.63) is 96.2 Å². The van der Waals surface area contributed by atoms with E-state index in [1.807, 2.05) is 0 Å². The molecule has 0 saturated heterocycles. The smallest absolute Gasteiger partial charge is 0.297 e. The van der Waals surface area contributed by atoms with Crippen LogP contribution < -0.4 is 0 Å². The van der Waals surface area contributed by atoms with E-state index in [9.17, 15) is 35.7 Å². The van der Waals surface area contributed by atoms with E-state index in [2.05, 4.69) is 0 Å². The minimum absolute atomic E-state index is 0.310. The van der Waals surface area contributed by atoms with Gasteiger partial charge in [-0.3, -0.25) is 17.8 Å². The third-order valence-electron chi connectivity index (χ3n) is 4.95. The van der Waals surface area contributed by atoms with Gasteiger partial charge < -0.3 is 10.4 Å². The van der Waals surface area contributed by atoms with Crippen LogP contribution in [0.3, 0.4) is 0 Å². The summed E-state index contributed by atoms with van der Waals surface area (Å²) in [7, 11) is -13.6. The van der Waals surface area contributed by atoms with E-state index in [0.717, 1.165) is 0 Å². The van der Waals surface area contributed by atoms with Crippen molar-refractivity contribution < 1.29 is 43.0 Å². The highest BCUT2D eigenvalue weighted by Gasteiger charge is 2.39. The third kappa shape index (κ3) is 7.41. The van der Waals surface area contributed by atoms with Crippen molar-refractivity contribution in [2.75, 3.05) is 19.8 Å². The van der Waals surface area contributed by atoms with Crippen LogP contribution in [0.15, 0.2) is 106 Å². The lowest BCUT2D eigenvalue weighted by molar-refractivity contribution is -0.166. The predicted molar refractivity (Wildman–Crippen MR) is 128 cm³/mol. The lowest BCUT2D eigenvalue weighted by Gasteiger charge is -2.42. The van der Waals surface area contributed by atoms with Crippen molar-refractivity contribution in [2.24, 2.45) is 0 Å². The van der Waals surface area contributed by atoms with Gasteiger partial charge in [-0.1, -0.05) is 54.6 Å². The highest BCUT2D eigenvalue weighted by molar-refractivity contribution is 7.87. The Labute approximate surface area is 214 Å². The van der Waals surface area contributed by atoms with E-state index in [-0.39, 0.29) is 14.7 Å². The first kappa shape index (κ1) is 28.8. The first-order valence-electron chi connectivity index (χ1n) is 10.4. The van der Waals surface area contributed by atoms with Crippen LogP contribution in [-0.2, 0) is 42.9 Å². The van der Waals surface area contributed by atoms with Crippen LogP contribution in [-0.4, -0.2) is 61.0 Å². The standard InChI is InChI=1S/C22H22NO11S3/c24-23(25)22(16-32-35(26,27)19-10-4-1-5-11-19,17-33-36(28,29)20-12-6-2-7-13-20)18-34-37(30,31)21-14-8-3-9-15-21/h1-15,24H,16-18H2/q-1. The maximum atomic E-state index is 12.6. The van der Waals surface area contributed by atoms with E-state index in [0.29, 0.717) is 0 Å². The molecule has 0 spiro atoms. The maximum absolute atomic E-state index is 12.6. The van der Waals surface area contributed by atoms with Crippen molar-refractivity contribution >= 4 is 30.4 Å². The Balaban J connectivity index is 1.92. The maximum Gasteiger partial charge on any atom is 0.297 e. The zero-order valence-electron chi connectivity index (χ0n) is 19.0. The Morgan fingerprint density at radius 2 is 0.811 bits per heavy atom. The van der Waals surface area contributed by atoms with Gasteiger partial charge >= 0.3 is 0 Å². The normalized spacial score (nSPS) is 13.1. The second-order valence-corrected chi connectivity index (χ2v) is 12.4. The quantitative estimate of drug-likeness (QED) is 0.233. The van der Waals surface area contributed by atoms with E-state index < -0.39 is 60.9 Å². The molecule has 1 N–H and O–H groups in total. The summed E-state index contributed by atoms with van der Waals surface area (Å²) in [5, 5.41) is 21.3. The topological polar surface area (TPSA) is 177 Å². The first-order chi connectivity index (χ1) is 17.4. The molecule has 0 amide bonds. The molecule has 3 rings (SSSR count). The van der Waals surface area contributed by atoms with Gasteiger partial charge in [0, 0.05) is 0 Å². The van der Waals surface area contributed by atoms with Crippen molar-refractivity contribution in [1.29, 1.82) is 0 Å². The molecule has 0 bridgehead atoms. The van der Waals surface area contributed by atoms with Gasteiger partial charge in [-0.25, -0.2) is 0 Å². The lowest BCUT2D eigenvalue weighted by Crippen LogP contribution is -2.56. The SMILES string of the molecule is O=S(=O)(OCC(COS(=O)(=O)c1ccccc1)(COS(=O)(=O)c1ccccc1)N([O-])O)c1ccccc1. The van der Waals surface area contributed by atoms with Crippen LogP contribution >= 0.6 is 0 Å². The summed E-state index contributed by atoms with van der Waals surface area (Å²) in [5.74, 6) is 0. The number of nitrogens with zero attached hydrogens (tertiary/aromatic N) is 1. The molecule has 15 heteroatoms. The molecule has 0 aliphatic rings. The summed E-state index contributed by atoms with van der Waals surface area (Å²) in [4.78, 5) is -0.931. The number of hydroxylamine groups is 2. The minimum Gasteiger partial charge on any atom is -0.762 e. The number of rotatable bonds is 13. The van der Waals surface area contributed by atoms with E-state index in [1.165, 1.54) is 72.8 Å².